The van der Waals surface area contributed by atoms with Crippen LogP contribution < -0.4 is 5.73 Å². The van der Waals surface area contributed by atoms with Crippen LogP contribution in [0.2, 0.25) is 0 Å². The van der Waals surface area contributed by atoms with E-state index < -0.39 is 0 Å². The van der Waals surface area contributed by atoms with Gasteiger partial charge in [-0.05, 0) is 55.4 Å². The fourth-order valence-electron chi connectivity index (χ4n) is 3.90. The Morgan fingerprint density at radius 3 is 2.62 bits per heavy atom. The van der Waals surface area contributed by atoms with E-state index in [0.717, 1.165) is 51.1 Å². The molecule has 8 heteroatoms. The van der Waals surface area contributed by atoms with E-state index >= 15 is 0 Å². The lowest BCUT2D eigenvalue weighted by atomic mass is 9.98. The number of nitrogens with one attached hydrogen (secondary N) is 1. The molecule has 32 heavy (non-hydrogen) atoms. The van der Waals surface area contributed by atoms with Gasteiger partial charge in [0.1, 0.15) is 0 Å². The van der Waals surface area contributed by atoms with E-state index in [1.54, 1.807) is 10.7 Å². The molecule has 0 fully saturated rings. The molecule has 0 bridgehead atoms. The van der Waals surface area contributed by atoms with Crippen LogP contribution in [-0.4, -0.2) is 41.6 Å². The summed E-state index contributed by atoms with van der Waals surface area (Å²) in [5.74, 6) is 0.642. The van der Waals surface area contributed by atoms with Crippen LogP contribution in [0.4, 0.5) is 0 Å². The van der Waals surface area contributed by atoms with Crippen molar-refractivity contribution in [3.8, 4) is 28.2 Å². The van der Waals surface area contributed by atoms with Crippen molar-refractivity contribution in [3.63, 3.8) is 0 Å². The molecular formula is C24H23N7O. The first kappa shape index (κ1) is 20.0. The van der Waals surface area contributed by atoms with E-state index in [-0.39, 0.29) is 6.61 Å². The van der Waals surface area contributed by atoms with Gasteiger partial charge >= 0.3 is 0 Å². The van der Waals surface area contributed by atoms with Gasteiger partial charge in [-0.25, -0.2) is 9.67 Å². The Bertz CT molecular complexity index is 1400. The number of benzene rings is 1. The third-order valence-electron chi connectivity index (χ3n) is 5.48. The molecule has 8 nitrogen and oxygen atoms in total. The van der Waals surface area contributed by atoms with E-state index in [9.17, 15) is 5.11 Å². The number of aryl methyl sites for hydroxylation is 1. The number of nitrogens with zero attached hydrogens (tertiary/aromatic N) is 5. The zero-order chi connectivity index (χ0) is 22.1. The van der Waals surface area contributed by atoms with Gasteiger partial charge in [0.25, 0.3) is 0 Å². The Kier molecular flexibility index (Phi) is 5.22. The number of aliphatic hydroxyl groups is 1. The molecule has 5 aromatic rings. The standard InChI is InChI=1S/C24H23N7O/c1-15-20(12-26-30-15)19-10-16(22-6-2-4-17(28-22)8-9-25)11-23-21(19)13-27-31(23)24-7-3-5-18(14-32)29-24/h2-7,10-13,32H,8-9,14,25H2,1H3,(H,26,30). The number of aromatic amines is 1. The molecule has 4 aromatic heterocycles. The monoisotopic (exact) mass is 425 g/mol. The zero-order valence-electron chi connectivity index (χ0n) is 17.7. The molecule has 0 saturated carbocycles. The third-order valence-corrected chi connectivity index (χ3v) is 5.48. The predicted octanol–water partition coefficient (Wildman–Crippen LogP) is 3.17. The average molecular weight is 425 g/mol. The molecule has 0 saturated heterocycles. The maximum atomic E-state index is 9.52. The van der Waals surface area contributed by atoms with E-state index in [4.69, 9.17) is 10.7 Å². The van der Waals surface area contributed by atoms with Gasteiger partial charge in [-0.2, -0.15) is 10.2 Å². The van der Waals surface area contributed by atoms with Crippen LogP contribution in [-0.2, 0) is 13.0 Å². The molecule has 4 heterocycles. The molecule has 0 radical (unpaired) electrons. The SMILES string of the molecule is Cc1[nH]ncc1-c1cc(-c2cccc(CCN)n2)cc2c1cnn2-c1cccc(CO)n1. The summed E-state index contributed by atoms with van der Waals surface area (Å²) in [4.78, 5) is 9.35. The minimum Gasteiger partial charge on any atom is -0.390 e. The number of H-pyrrole nitrogens is 1. The molecule has 0 aliphatic carbocycles. The van der Waals surface area contributed by atoms with Crippen LogP contribution in [0.1, 0.15) is 17.1 Å². The number of hydrogen-bond donors (Lipinski definition) is 3. The topological polar surface area (TPSA) is 119 Å². The smallest absolute Gasteiger partial charge is 0.154 e. The van der Waals surface area contributed by atoms with Crippen molar-refractivity contribution < 1.29 is 5.11 Å². The average Bonchev–Trinajstić information content (AvgIpc) is 3.45. The van der Waals surface area contributed by atoms with Gasteiger partial charge in [0.05, 0.1) is 35.9 Å². The number of rotatable bonds is 6. The van der Waals surface area contributed by atoms with Crippen LogP contribution in [0.5, 0.6) is 0 Å². The number of fused-ring (bicyclic) bond motifs is 1. The molecule has 5 rings (SSSR count). The Balaban J connectivity index is 1.76. The first-order chi connectivity index (χ1) is 15.7. The Morgan fingerprint density at radius 1 is 1.00 bits per heavy atom. The van der Waals surface area contributed by atoms with Crippen LogP contribution in [0.25, 0.3) is 39.1 Å². The molecule has 0 spiro atoms. The van der Waals surface area contributed by atoms with Gasteiger partial charge in [0, 0.05) is 34.3 Å². The van der Waals surface area contributed by atoms with Gasteiger partial charge in [0.15, 0.2) is 5.82 Å². The van der Waals surface area contributed by atoms with Crippen molar-refractivity contribution in [2.24, 2.45) is 5.73 Å². The first-order valence-corrected chi connectivity index (χ1v) is 10.4. The van der Waals surface area contributed by atoms with E-state index in [0.29, 0.717) is 18.1 Å². The summed E-state index contributed by atoms with van der Waals surface area (Å²) in [7, 11) is 0. The molecule has 0 atom stereocenters. The van der Waals surface area contributed by atoms with Crippen molar-refractivity contribution in [2.45, 2.75) is 20.0 Å². The molecule has 160 valence electrons. The Hall–Kier alpha value is -3.88. The van der Waals surface area contributed by atoms with Crippen molar-refractivity contribution in [1.82, 2.24) is 29.9 Å². The van der Waals surface area contributed by atoms with Crippen molar-refractivity contribution in [2.75, 3.05) is 6.54 Å². The predicted molar refractivity (Wildman–Crippen MR) is 123 cm³/mol. The molecule has 4 N–H and O–H groups in total. The lowest BCUT2D eigenvalue weighted by Gasteiger charge is -2.10. The minimum absolute atomic E-state index is 0.129. The van der Waals surface area contributed by atoms with Gasteiger partial charge in [0.2, 0.25) is 0 Å². The molecule has 0 aliphatic heterocycles. The molecular weight excluding hydrogens is 402 g/mol. The van der Waals surface area contributed by atoms with Crippen LogP contribution in [0.3, 0.4) is 0 Å². The van der Waals surface area contributed by atoms with E-state index in [1.165, 1.54) is 0 Å². The van der Waals surface area contributed by atoms with Crippen molar-refractivity contribution >= 4 is 10.9 Å². The van der Waals surface area contributed by atoms with Gasteiger partial charge in [-0.3, -0.25) is 10.1 Å². The fourth-order valence-corrected chi connectivity index (χ4v) is 3.90. The number of aliphatic hydroxyl groups excluding tert-OH is 1. The van der Waals surface area contributed by atoms with Gasteiger partial charge in [-0.15, -0.1) is 0 Å². The second kappa shape index (κ2) is 8.33. The molecule has 1 aromatic carbocycles. The van der Waals surface area contributed by atoms with Gasteiger partial charge in [-0.1, -0.05) is 12.1 Å². The fraction of sp³-hybridized carbons (Fsp3) is 0.167. The quantitative estimate of drug-likeness (QED) is 0.384. The van der Waals surface area contributed by atoms with Crippen LogP contribution in [0, 0.1) is 6.92 Å². The lowest BCUT2D eigenvalue weighted by Crippen LogP contribution is -2.04. The second-order valence-electron chi connectivity index (χ2n) is 7.62. The van der Waals surface area contributed by atoms with Gasteiger partial charge < -0.3 is 10.8 Å². The highest BCUT2D eigenvalue weighted by molar-refractivity contribution is 5.99. The van der Waals surface area contributed by atoms with Crippen molar-refractivity contribution in [1.29, 1.82) is 0 Å². The summed E-state index contributed by atoms with van der Waals surface area (Å²) in [5, 5.41) is 22.4. The van der Waals surface area contributed by atoms with Crippen molar-refractivity contribution in [3.05, 3.63) is 78.0 Å². The highest BCUT2D eigenvalue weighted by atomic mass is 16.3. The third kappa shape index (κ3) is 3.55. The zero-order valence-corrected chi connectivity index (χ0v) is 17.7. The van der Waals surface area contributed by atoms with Crippen LogP contribution >= 0.6 is 0 Å². The highest BCUT2D eigenvalue weighted by Gasteiger charge is 2.17. The normalized spacial score (nSPS) is 11.3. The molecule has 0 aliphatic rings. The Labute approximate surface area is 184 Å². The summed E-state index contributed by atoms with van der Waals surface area (Å²) < 4.78 is 1.79. The molecule has 0 amide bonds. The number of hydrogen-bond acceptors (Lipinski definition) is 6. The minimum atomic E-state index is -0.129. The summed E-state index contributed by atoms with van der Waals surface area (Å²) >= 11 is 0. The maximum Gasteiger partial charge on any atom is 0.154 e. The highest BCUT2D eigenvalue weighted by Crippen LogP contribution is 2.35. The van der Waals surface area contributed by atoms with Crippen LogP contribution in [0.15, 0.2) is 60.9 Å². The summed E-state index contributed by atoms with van der Waals surface area (Å²) in [6.07, 6.45) is 4.39. The second-order valence-corrected chi connectivity index (χ2v) is 7.62. The van der Waals surface area contributed by atoms with E-state index in [1.807, 2.05) is 49.6 Å². The number of aromatic nitrogens is 6. The maximum absolute atomic E-state index is 9.52. The lowest BCUT2D eigenvalue weighted by molar-refractivity contribution is 0.276. The summed E-state index contributed by atoms with van der Waals surface area (Å²) in [5.41, 5.74) is 13.0. The molecule has 0 unspecified atom stereocenters. The first-order valence-electron chi connectivity index (χ1n) is 10.4. The Morgan fingerprint density at radius 2 is 1.84 bits per heavy atom. The van der Waals surface area contributed by atoms with E-state index in [2.05, 4.69) is 32.4 Å². The largest absolute Gasteiger partial charge is 0.390 e. The summed E-state index contributed by atoms with van der Waals surface area (Å²) in [6, 6.07) is 15.7. The number of nitrogens with two attached hydrogens (primary N) is 1. The summed E-state index contributed by atoms with van der Waals surface area (Å²) in [6.45, 7) is 2.42. The number of pyridine rings is 2.